The summed E-state index contributed by atoms with van der Waals surface area (Å²) in [7, 11) is 0. The van der Waals surface area contributed by atoms with E-state index in [1.165, 1.54) is 12.0 Å². The summed E-state index contributed by atoms with van der Waals surface area (Å²) < 4.78 is 0. The minimum atomic E-state index is -0.326. The van der Waals surface area contributed by atoms with Crippen LogP contribution in [-0.4, -0.2) is 16.2 Å². The molecular weight excluding hydrogens is 234 g/mol. The molecule has 1 heterocycles. The molecular formula is C17H19NO. The molecule has 2 nitrogen and oxygen atoms in total. The lowest BCUT2D eigenvalue weighted by molar-refractivity contribution is 0.0285. The molecule has 1 aliphatic carbocycles. The standard InChI is InChI=1S/C17H19NO/c19-16(12-14-6-4-11-18-13-14)17(9-5-10-17)15-7-2-1-3-8-15/h1-4,6-8,11,13,16,19H,5,9-10,12H2. The molecule has 0 saturated heterocycles. The normalized spacial score (nSPS) is 18.6. The Hall–Kier alpha value is -1.67. The summed E-state index contributed by atoms with van der Waals surface area (Å²) >= 11 is 0. The number of aromatic nitrogens is 1. The van der Waals surface area contributed by atoms with Crippen LogP contribution < -0.4 is 0 Å². The van der Waals surface area contributed by atoms with E-state index in [-0.39, 0.29) is 11.5 Å². The van der Waals surface area contributed by atoms with Gasteiger partial charge in [0.2, 0.25) is 0 Å². The molecule has 1 unspecified atom stereocenters. The van der Waals surface area contributed by atoms with E-state index in [2.05, 4.69) is 29.2 Å². The molecule has 0 aliphatic heterocycles. The van der Waals surface area contributed by atoms with Gasteiger partial charge < -0.3 is 5.11 Å². The van der Waals surface area contributed by atoms with Gasteiger partial charge in [0.05, 0.1) is 6.10 Å². The first kappa shape index (κ1) is 12.4. The van der Waals surface area contributed by atoms with Crippen molar-refractivity contribution in [3.8, 4) is 0 Å². The quantitative estimate of drug-likeness (QED) is 0.908. The zero-order chi connectivity index (χ0) is 13.1. The van der Waals surface area contributed by atoms with Crippen molar-refractivity contribution in [3.63, 3.8) is 0 Å². The highest BCUT2D eigenvalue weighted by Crippen LogP contribution is 2.47. The molecule has 1 atom stereocenters. The molecule has 2 aromatic rings. The van der Waals surface area contributed by atoms with Gasteiger partial charge in [-0.3, -0.25) is 4.98 Å². The van der Waals surface area contributed by atoms with Crippen molar-refractivity contribution in [2.45, 2.75) is 37.2 Å². The number of aliphatic hydroxyl groups is 1. The van der Waals surface area contributed by atoms with E-state index in [1.54, 1.807) is 6.20 Å². The Morgan fingerprint density at radius 1 is 1.11 bits per heavy atom. The van der Waals surface area contributed by atoms with E-state index in [9.17, 15) is 5.11 Å². The van der Waals surface area contributed by atoms with E-state index in [4.69, 9.17) is 0 Å². The molecule has 0 radical (unpaired) electrons. The molecule has 1 saturated carbocycles. The fraction of sp³-hybridized carbons (Fsp3) is 0.353. The fourth-order valence-electron chi connectivity index (χ4n) is 3.08. The zero-order valence-electron chi connectivity index (χ0n) is 11.0. The highest BCUT2D eigenvalue weighted by Gasteiger charge is 2.44. The van der Waals surface area contributed by atoms with Crippen LogP contribution in [0.4, 0.5) is 0 Å². The van der Waals surface area contributed by atoms with Gasteiger partial charge in [-0.2, -0.15) is 0 Å². The number of benzene rings is 1. The predicted molar refractivity (Wildman–Crippen MR) is 75.9 cm³/mol. The van der Waals surface area contributed by atoms with Crippen molar-refractivity contribution >= 4 is 0 Å². The van der Waals surface area contributed by atoms with Gasteiger partial charge in [0.1, 0.15) is 0 Å². The van der Waals surface area contributed by atoms with Crippen LogP contribution in [0.15, 0.2) is 54.9 Å². The Kier molecular flexibility index (Phi) is 3.34. The van der Waals surface area contributed by atoms with Crippen molar-refractivity contribution < 1.29 is 5.11 Å². The van der Waals surface area contributed by atoms with Gasteiger partial charge in [-0.15, -0.1) is 0 Å². The van der Waals surface area contributed by atoms with E-state index >= 15 is 0 Å². The Morgan fingerprint density at radius 2 is 1.89 bits per heavy atom. The monoisotopic (exact) mass is 253 g/mol. The lowest BCUT2D eigenvalue weighted by Gasteiger charge is -2.46. The Labute approximate surface area is 114 Å². The third-order valence-corrected chi connectivity index (χ3v) is 4.38. The molecule has 1 aromatic carbocycles. The smallest absolute Gasteiger partial charge is 0.0677 e. The predicted octanol–water partition coefficient (Wildman–Crippen LogP) is 3.11. The molecule has 0 bridgehead atoms. The molecule has 1 aliphatic rings. The van der Waals surface area contributed by atoms with Crippen LogP contribution in [0.25, 0.3) is 0 Å². The highest BCUT2D eigenvalue weighted by atomic mass is 16.3. The summed E-state index contributed by atoms with van der Waals surface area (Å²) in [5.74, 6) is 0. The first-order chi connectivity index (χ1) is 9.31. The third kappa shape index (κ3) is 2.28. The second kappa shape index (κ2) is 5.14. The summed E-state index contributed by atoms with van der Waals surface area (Å²) in [4.78, 5) is 4.13. The zero-order valence-corrected chi connectivity index (χ0v) is 11.0. The minimum Gasteiger partial charge on any atom is -0.392 e. The topological polar surface area (TPSA) is 33.1 Å². The lowest BCUT2D eigenvalue weighted by atomic mass is 9.60. The van der Waals surface area contributed by atoms with Gasteiger partial charge in [-0.25, -0.2) is 0 Å². The van der Waals surface area contributed by atoms with Crippen molar-refractivity contribution in [3.05, 3.63) is 66.0 Å². The molecule has 1 N–H and O–H groups in total. The number of hydrogen-bond donors (Lipinski definition) is 1. The summed E-state index contributed by atoms with van der Waals surface area (Å²) in [6, 6.07) is 14.4. The second-order valence-corrected chi connectivity index (χ2v) is 5.46. The van der Waals surface area contributed by atoms with Gasteiger partial charge >= 0.3 is 0 Å². The number of pyridine rings is 1. The number of aliphatic hydroxyl groups excluding tert-OH is 1. The first-order valence-corrected chi connectivity index (χ1v) is 6.94. The molecule has 0 spiro atoms. The minimum absolute atomic E-state index is 0.0445. The molecule has 3 rings (SSSR count). The van der Waals surface area contributed by atoms with Crippen molar-refractivity contribution in [2.75, 3.05) is 0 Å². The van der Waals surface area contributed by atoms with E-state index < -0.39 is 0 Å². The third-order valence-electron chi connectivity index (χ3n) is 4.38. The second-order valence-electron chi connectivity index (χ2n) is 5.46. The van der Waals surface area contributed by atoms with E-state index in [0.29, 0.717) is 6.42 Å². The number of hydrogen-bond acceptors (Lipinski definition) is 2. The highest BCUT2D eigenvalue weighted by molar-refractivity contribution is 5.30. The number of nitrogens with zero attached hydrogens (tertiary/aromatic N) is 1. The van der Waals surface area contributed by atoms with Crippen LogP contribution in [-0.2, 0) is 11.8 Å². The van der Waals surface area contributed by atoms with Crippen LogP contribution in [0, 0.1) is 0 Å². The van der Waals surface area contributed by atoms with Crippen LogP contribution in [0.5, 0.6) is 0 Å². The van der Waals surface area contributed by atoms with Gasteiger partial charge in [0.15, 0.2) is 0 Å². The maximum absolute atomic E-state index is 10.7. The van der Waals surface area contributed by atoms with Gasteiger partial charge in [-0.05, 0) is 30.0 Å². The molecule has 1 fully saturated rings. The van der Waals surface area contributed by atoms with Crippen molar-refractivity contribution in [1.29, 1.82) is 0 Å². The average molecular weight is 253 g/mol. The maximum Gasteiger partial charge on any atom is 0.0677 e. The van der Waals surface area contributed by atoms with E-state index in [1.807, 2.05) is 24.4 Å². The Morgan fingerprint density at radius 3 is 2.47 bits per heavy atom. The van der Waals surface area contributed by atoms with Crippen molar-refractivity contribution in [2.24, 2.45) is 0 Å². The van der Waals surface area contributed by atoms with Gasteiger partial charge in [-0.1, -0.05) is 42.8 Å². The van der Waals surface area contributed by atoms with Gasteiger partial charge in [0.25, 0.3) is 0 Å². The van der Waals surface area contributed by atoms with Crippen LogP contribution in [0.3, 0.4) is 0 Å². The molecule has 19 heavy (non-hydrogen) atoms. The first-order valence-electron chi connectivity index (χ1n) is 6.94. The molecule has 98 valence electrons. The van der Waals surface area contributed by atoms with Crippen molar-refractivity contribution in [1.82, 2.24) is 4.98 Å². The summed E-state index contributed by atoms with van der Waals surface area (Å²) in [6.07, 6.45) is 7.35. The molecule has 0 amide bonds. The SMILES string of the molecule is OC(Cc1cccnc1)C1(c2ccccc2)CCC1. The molecule has 1 aromatic heterocycles. The summed E-state index contributed by atoms with van der Waals surface area (Å²) in [6.45, 7) is 0. The maximum atomic E-state index is 10.7. The van der Waals surface area contributed by atoms with Crippen LogP contribution in [0.1, 0.15) is 30.4 Å². The largest absolute Gasteiger partial charge is 0.392 e. The fourth-order valence-corrected chi connectivity index (χ4v) is 3.08. The molecule has 2 heteroatoms. The van der Waals surface area contributed by atoms with Crippen LogP contribution >= 0.6 is 0 Å². The van der Waals surface area contributed by atoms with Crippen LogP contribution in [0.2, 0.25) is 0 Å². The number of rotatable bonds is 4. The average Bonchev–Trinajstić information content (AvgIpc) is 2.40. The summed E-state index contributed by atoms with van der Waals surface area (Å²) in [5.41, 5.74) is 2.34. The Balaban J connectivity index is 1.83. The van der Waals surface area contributed by atoms with Gasteiger partial charge in [0, 0.05) is 24.2 Å². The Bertz CT molecular complexity index is 519. The van der Waals surface area contributed by atoms with E-state index in [0.717, 1.165) is 18.4 Å². The summed E-state index contributed by atoms with van der Waals surface area (Å²) in [5, 5.41) is 10.7. The lowest BCUT2D eigenvalue weighted by Crippen LogP contribution is -2.46.